The summed E-state index contributed by atoms with van der Waals surface area (Å²) in [6.07, 6.45) is 1.09. The SMILES string of the molecule is O=C(c1ccc(F)cc1)n1ncc(Cl)c(Cl)c1=O. The van der Waals surface area contributed by atoms with Gasteiger partial charge in [-0.2, -0.15) is 9.78 Å². The van der Waals surface area contributed by atoms with Crippen molar-refractivity contribution < 1.29 is 9.18 Å². The molecule has 18 heavy (non-hydrogen) atoms. The molecule has 1 heterocycles. The molecule has 92 valence electrons. The summed E-state index contributed by atoms with van der Waals surface area (Å²) in [7, 11) is 0. The van der Waals surface area contributed by atoms with E-state index in [0.29, 0.717) is 4.68 Å². The van der Waals surface area contributed by atoms with Gasteiger partial charge in [-0.3, -0.25) is 9.59 Å². The number of hydrogen-bond acceptors (Lipinski definition) is 3. The van der Waals surface area contributed by atoms with Gasteiger partial charge in [0.15, 0.2) is 0 Å². The van der Waals surface area contributed by atoms with Gasteiger partial charge in [0, 0.05) is 5.56 Å². The Hall–Kier alpha value is -1.72. The van der Waals surface area contributed by atoms with Gasteiger partial charge >= 0.3 is 0 Å². The van der Waals surface area contributed by atoms with Crippen molar-refractivity contribution in [3.8, 4) is 0 Å². The van der Waals surface area contributed by atoms with E-state index in [4.69, 9.17) is 23.2 Å². The fourth-order valence-corrected chi connectivity index (χ4v) is 1.53. The zero-order valence-electron chi connectivity index (χ0n) is 8.73. The first-order chi connectivity index (χ1) is 8.50. The molecule has 0 aliphatic rings. The van der Waals surface area contributed by atoms with E-state index in [1.54, 1.807) is 0 Å². The molecule has 0 unspecified atom stereocenters. The Balaban J connectivity index is 2.50. The summed E-state index contributed by atoms with van der Waals surface area (Å²) in [5.41, 5.74) is -0.706. The van der Waals surface area contributed by atoms with Gasteiger partial charge in [-0.25, -0.2) is 4.39 Å². The fourth-order valence-electron chi connectivity index (χ4n) is 1.27. The number of halogens is 3. The molecule has 0 bridgehead atoms. The molecule has 2 aromatic rings. The minimum atomic E-state index is -0.821. The van der Waals surface area contributed by atoms with Gasteiger partial charge in [0.1, 0.15) is 10.8 Å². The summed E-state index contributed by atoms with van der Waals surface area (Å²) < 4.78 is 13.3. The van der Waals surface area contributed by atoms with Gasteiger partial charge in [-0.05, 0) is 24.3 Å². The van der Waals surface area contributed by atoms with Crippen molar-refractivity contribution in [3.05, 3.63) is 62.2 Å². The van der Waals surface area contributed by atoms with E-state index in [1.807, 2.05) is 0 Å². The van der Waals surface area contributed by atoms with Crippen LogP contribution in [-0.4, -0.2) is 15.7 Å². The molecule has 0 amide bonds. The van der Waals surface area contributed by atoms with E-state index in [2.05, 4.69) is 5.10 Å². The van der Waals surface area contributed by atoms with Crippen molar-refractivity contribution in [2.24, 2.45) is 0 Å². The quantitative estimate of drug-likeness (QED) is 0.809. The number of carbonyl (C=O) groups excluding carboxylic acids is 1. The molecule has 0 saturated heterocycles. The molecule has 1 aromatic carbocycles. The Labute approximate surface area is 111 Å². The van der Waals surface area contributed by atoms with Gasteiger partial charge in [0.05, 0.1) is 11.2 Å². The standard InChI is InChI=1S/C11H5Cl2FN2O2/c12-8-5-15-16(11(18)9(8)13)10(17)6-1-3-7(14)4-2-6/h1-5H. The van der Waals surface area contributed by atoms with E-state index < -0.39 is 17.3 Å². The predicted octanol–water partition coefficient (Wildman–Crippen LogP) is 2.38. The van der Waals surface area contributed by atoms with Crippen LogP contribution in [0.5, 0.6) is 0 Å². The van der Waals surface area contributed by atoms with E-state index in [9.17, 15) is 14.0 Å². The molecule has 0 N–H and O–H groups in total. The smallest absolute Gasteiger partial charge is 0.267 e. The number of nitrogens with zero attached hydrogens (tertiary/aromatic N) is 2. The van der Waals surface area contributed by atoms with E-state index >= 15 is 0 Å². The molecule has 0 aliphatic heterocycles. The number of hydrogen-bond donors (Lipinski definition) is 0. The maximum absolute atomic E-state index is 12.7. The van der Waals surface area contributed by atoms with Crippen LogP contribution in [0.4, 0.5) is 4.39 Å². The molecule has 0 saturated carbocycles. The molecule has 1 aromatic heterocycles. The monoisotopic (exact) mass is 286 g/mol. The van der Waals surface area contributed by atoms with Crippen LogP contribution in [0.15, 0.2) is 35.3 Å². The molecule has 0 atom stereocenters. The Morgan fingerprint density at radius 3 is 2.44 bits per heavy atom. The van der Waals surface area contributed by atoms with Gasteiger partial charge in [0.2, 0.25) is 0 Å². The zero-order chi connectivity index (χ0) is 13.3. The van der Waals surface area contributed by atoms with Gasteiger partial charge in [-0.1, -0.05) is 23.2 Å². The van der Waals surface area contributed by atoms with Crippen molar-refractivity contribution in [1.82, 2.24) is 9.78 Å². The van der Waals surface area contributed by atoms with Crippen LogP contribution in [0.1, 0.15) is 10.4 Å². The Morgan fingerprint density at radius 1 is 1.22 bits per heavy atom. The number of aromatic nitrogens is 2. The summed E-state index contributed by atoms with van der Waals surface area (Å²) >= 11 is 11.2. The average Bonchev–Trinajstić information content (AvgIpc) is 2.36. The van der Waals surface area contributed by atoms with E-state index in [-0.39, 0.29) is 15.6 Å². The molecule has 0 radical (unpaired) electrons. The molecule has 0 aliphatic carbocycles. The molecular weight excluding hydrogens is 282 g/mol. The second-order valence-electron chi connectivity index (χ2n) is 3.34. The summed E-state index contributed by atoms with van der Waals surface area (Å²) in [6.45, 7) is 0. The van der Waals surface area contributed by atoms with Crippen molar-refractivity contribution in [3.63, 3.8) is 0 Å². The average molecular weight is 287 g/mol. The second-order valence-corrected chi connectivity index (χ2v) is 4.12. The first-order valence-electron chi connectivity index (χ1n) is 4.74. The summed E-state index contributed by atoms with van der Waals surface area (Å²) in [5, 5.41) is 3.25. The van der Waals surface area contributed by atoms with Crippen molar-refractivity contribution in [2.45, 2.75) is 0 Å². The molecule has 2 rings (SSSR count). The summed E-state index contributed by atoms with van der Waals surface area (Å²) in [6, 6.07) is 4.70. The maximum Gasteiger partial charge on any atom is 0.294 e. The highest BCUT2D eigenvalue weighted by Gasteiger charge is 2.15. The zero-order valence-corrected chi connectivity index (χ0v) is 10.2. The third-order valence-electron chi connectivity index (χ3n) is 2.16. The number of rotatable bonds is 1. The number of benzene rings is 1. The van der Waals surface area contributed by atoms with Crippen LogP contribution in [0.3, 0.4) is 0 Å². The lowest BCUT2D eigenvalue weighted by molar-refractivity contribution is 0.0939. The molecule has 0 spiro atoms. The van der Waals surface area contributed by atoms with Crippen LogP contribution in [-0.2, 0) is 0 Å². The number of carbonyl (C=O) groups is 1. The molecule has 4 nitrogen and oxygen atoms in total. The third-order valence-corrected chi connectivity index (χ3v) is 2.91. The molecule has 7 heteroatoms. The lowest BCUT2D eigenvalue weighted by Crippen LogP contribution is -2.30. The van der Waals surface area contributed by atoms with Crippen molar-refractivity contribution in [1.29, 1.82) is 0 Å². The van der Waals surface area contributed by atoms with Crippen LogP contribution in [0.25, 0.3) is 0 Å². The maximum atomic E-state index is 12.7. The molecular formula is C11H5Cl2FN2O2. The van der Waals surface area contributed by atoms with Crippen LogP contribution in [0, 0.1) is 5.82 Å². The first kappa shape index (κ1) is 12.7. The largest absolute Gasteiger partial charge is 0.294 e. The van der Waals surface area contributed by atoms with E-state index in [1.165, 1.54) is 12.1 Å². The second kappa shape index (κ2) is 4.88. The predicted molar refractivity (Wildman–Crippen MR) is 64.6 cm³/mol. The van der Waals surface area contributed by atoms with Gasteiger partial charge in [0.25, 0.3) is 11.5 Å². The lowest BCUT2D eigenvalue weighted by atomic mass is 10.2. The van der Waals surface area contributed by atoms with Crippen molar-refractivity contribution in [2.75, 3.05) is 0 Å². The Kier molecular flexibility index (Phi) is 3.45. The Bertz CT molecular complexity index is 668. The normalized spacial score (nSPS) is 10.4. The van der Waals surface area contributed by atoms with Crippen molar-refractivity contribution >= 4 is 29.1 Å². The highest BCUT2D eigenvalue weighted by molar-refractivity contribution is 6.41. The minimum absolute atomic E-state index is 0.0372. The van der Waals surface area contributed by atoms with Crippen LogP contribution in [0.2, 0.25) is 10.0 Å². The lowest BCUT2D eigenvalue weighted by Gasteiger charge is -2.04. The minimum Gasteiger partial charge on any atom is -0.267 e. The molecule has 0 fully saturated rings. The highest BCUT2D eigenvalue weighted by Crippen LogP contribution is 2.15. The Morgan fingerprint density at radius 2 is 1.83 bits per heavy atom. The van der Waals surface area contributed by atoms with E-state index in [0.717, 1.165) is 18.3 Å². The fraction of sp³-hybridized carbons (Fsp3) is 0. The summed E-state index contributed by atoms with van der Waals surface area (Å²) in [5.74, 6) is -1.19. The summed E-state index contributed by atoms with van der Waals surface area (Å²) in [4.78, 5) is 23.6. The first-order valence-corrected chi connectivity index (χ1v) is 5.50. The van der Waals surface area contributed by atoms with Crippen LogP contribution >= 0.6 is 23.2 Å². The van der Waals surface area contributed by atoms with Gasteiger partial charge < -0.3 is 0 Å². The highest BCUT2D eigenvalue weighted by atomic mass is 35.5. The van der Waals surface area contributed by atoms with Gasteiger partial charge in [-0.15, -0.1) is 0 Å². The third kappa shape index (κ3) is 2.27. The topological polar surface area (TPSA) is 52.0 Å². The van der Waals surface area contributed by atoms with Crippen LogP contribution < -0.4 is 5.56 Å².